The third kappa shape index (κ3) is 4.37. The third-order valence-corrected chi connectivity index (χ3v) is 5.74. The van der Waals surface area contributed by atoms with E-state index in [1.807, 2.05) is 0 Å². The van der Waals surface area contributed by atoms with Gasteiger partial charge in [0.05, 0.1) is 10.5 Å². The lowest BCUT2D eigenvalue weighted by Gasteiger charge is -2.20. The fourth-order valence-corrected chi connectivity index (χ4v) is 4.00. The number of nitrogens with one attached hydrogen (secondary N) is 1. The predicted molar refractivity (Wildman–Crippen MR) is 98.3 cm³/mol. The van der Waals surface area contributed by atoms with Gasteiger partial charge in [0.15, 0.2) is 0 Å². The second kappa shape index (κ2) is 7.57. The second-order valence-electron chi connectivity index (χ2n) is 6.03. The molecule has 5 nitrogen and oxygen atoms in total. The van der Waals surface area contributed by atoms with E-state index in [-0.39, 0.29) is 0 Å². The highest BCUT2D eigenvalue weighted by molar-refractivity contribution is 7.89. The average Bonchev–Trinajstić information content (AvgIpc) is 3.06. The molecule has 0 spiro atoms. The Morgan fingerprint density at radius 3 is 2.39 bits per heavy atom. The number of imidazole rings is 1. The zero-order valence-corrected chi connectivity index (χ0v) is 16.1. The summed E-state index contributed by atoms with van der Waals surface area (Å²) in [6, 6.07) is 9.07. The minimum Gasteiger partial charge on any atom is -0.336 e. The second-order valence-corrected chi connectivity index (χ2v) is 8.18. The van der Waals surface area contributed by atoms with Gasteiger partial charge in [0.2, 0.25) is 10.0 Å². The molecular formula is C18H15ClF3N3O2S. The van der Waals surface area contributed by atoms with Crippen molar-refractivity contribution in [1.29, 1.82) is 0 Å². The van der Waals surface area contributed by atoms with Crippen LogP contribution in [0.2, 0.25) is 5.02 Å². The zero-order valence-electron chi connectivity index (χ0n) is 14.5. The van der Waals surface area contributed by atoms with Crippen molar-refractivity contribution in [2.24, 2.45) is 7.05 Å². The number of sulfonamides is 1. The van der Waals surface area contributed by atoms with Crippen molar-refractivity contribution in [3.05, 3.63) is 82.9 Å². The van der Waals surface area contributed by atoms with Gasteiger partial charge in [0.1, 0.15) is 11.9 Å². The van der Waals surface area contributed by atoms with E-state index in [2.05, 4.69) is 9.71 Å². The SMILES string of the molecule is Cn1ccnc1C(NS(=O)(=O)c1cccc(C(F)(F)F)c1)c1ccc(Cl)cc1. The van der Waals surface area contributed by atoms with Gasteiger partial charge in [-0.3, -0.25) is 0 Å². The van der Waals surface area contributed by atoms with Gasteiger partial charge in [-0.2, -0.15) is 17.9 Å². The van der Waals surface area contributed by atoms with E-state index in [9.17, 15) is 21.6 Å². The summed E-state index contributed by atoms with van der Waals surface area (Å²) >= 11 is 5.90. The van der Waals surface area contributed by atoms with E-state index in [0.717, 1.165) is 18.2 Å². The predicted octanol–water partition coefficient (Wildman–Crippen LogP) is 4.16. The van der Waals surface area contributed by atoms with E-state index < -0.39 is 32.7 Å². The van der Waals surface area contributed by atoms with E-state index in [1.165, 1.54) is 6.20 Å². The maximum atomic E-state index is 13.0. The average molecular weight is 430 g/mol. The van der Waals surface area contributed by atoms with Gasteiger partial charge in [0.25, 0.3) is 0 Å². The maximum absolute atomic E-state index is 13.0. The van der Waals surface area contributed by atoms with Crippen LogP contribution in [0.3, 0.4) is 0 Å². The molecule has 0 aliphatic heterocycles. The molecule has 0 saturated heterocycles. The Bertz CT molecular complexity index is 1080. The lowest BCUT2D eigenvalue weighted by atomic mass is 10.1. The van der Waals surface area contributed by atoms with Crippen molar-refractivity contribution in [1.82, 2.24) is 14.3 Å². The van der Waals surface area contributed by atoms with Crippen LogP contribution in [0, 0.1) is 0 Å². The highest BCUT2D eigenvalue weighted by atomic mass is 35.5. The van der Waals surface area contributed by atoms with Gasteiger partial charge in [0, 0.05) is 24.5 Å². The molecule has 0 amide bonds. The van der Waals surface area contributed by atoms with Crippen LogP contribution >= 0.6 is 11.6 Å². The maximum Gasteiger partial charge on any atom is 0.416 e. The number of halogens is 4. The number of benzene rings is 2. The molecule has 1 atom stereocenters. The van der Waals surface area contributed by atoms with Crippen LogP contribution in [-0.4, -0.2) is 18.0 Å². The minimum atomic E-state index is -4.65. The molecule has 28 heavy (non-hydrogen) atoms. The molecule has 148 valence electrons. The van der Waals surface area contributed by atoms with Crippen LogP contribution in [0.4, 0.5) is 13.2 Å². The van der Waals surface area contributed by atoms with Crippen molar-refractivity contribution in [2.45, 2.75) is 17.1 Å². The summed E-state index contributed by atoms with van der Waals surface area (Å²) in [6.45, 7) is 0. The molecule has 1 heterocycles. The van der Waals surface area contributed by atoms with E-state index in [1.54, 1.807) is 42.1 Å². The standard InChI is InChI=1S/C18H15ClF3N3O2S/c1-25-10-9-23-17(25)16(12-5-7-14(19)8-6-12)24-28(26,27)15-4-2-3-13(11-15)18(20,21)22/h2-11,16,24H,1H3. The summed E-state index contributed by atoms with van der Waals surface area (Å²) in [4.78, 5) is 3.68. The molecule has 1 N–H and O–H groups in total. The number of hydrogen-bond acceptors (Lipinski definition) is 3. The van der Waals surface area contributed by atoms with Gasteiger partial charge < -0.3 is 4.57 Å². The smallest absolute Gasteiger partial charge is 0.336 e. The molecule has 1 aromatic heterocycles. The zero-order chi connectivity index (χ0) is 20.5. The van der Waals surface area contributed by atoms with Crippen LogP contribution in [-0.2, 0) is 23.2 Å². The first-order valence-electron chi connectivity index (χ1n) is 8.00. The summed E-state index contributed by atoms with van der Waals surface area (Å²) in [7, 11) is -2.60. The molecule has 0 bridgehead atoms. The highest BCUT2D eigenvalue weighted by Gasteiger charge is 2.32. The molecule has 10 heteroatoms. The molecule has 0 saturated carbocycles. The Morgan fingerprint density at radius 2 is 1.82 bits per heavy atom. The summed E-state index contributed by atoms with van der Waals surface area (Å²) in [5.41, 5.74) is -0.510. The lowest BCUT2D eigenvalue weighted by Crippen LogP contribution is -2.31. The Balaban J connectivity index is 2.03. The Morgan fingerprint density at radius 1 is 1.14 bits per heavy atom. The number of aromatic nitrogens is 2. The summed E-state index contributed by atoms with van der Waals surface area (Å²) in [5.74, 6) is 0.373. The van der Waals surface area contributed by atoms with Crippen LogP contribution in [0.25, 0.3) is 0 Å². The van der Waals surface area contributed by atoms with E-state index in [4.69, 9.17) is 11.6 Å². The molecule has 2 aromatic carbocycles. The Labute approximate surface area is 164 Å². The summed E-state index contributed by atoms with van der Waals surface area (Å²) in [5, 5.41) is 0.461. The molecule has 0 aliphatic carbocycles. The van der Waals surface area contributed by atoms with E-state index >= 15 is 0 Å². The van der Waals surface area contributed by atoms with Gasteiger partial charge in [-0.1, -0.05) is 29.8 Å². The number of nitrogens with zero attached hydrogens (tertiary/aromatic N) is 2. The van der Waals surface area contributed by atoms with E-state index in [0.29, 0.717) is 22.5 Å². The first-order chi connectivity index (χ1) is 13.1. The molecule has 0 fully saturated rings. The normalized spacial score (nSPS) is 13.5. The van der Waals surface area contributed by atoms with Crippen LogP contribution in [0.1, 0.15) is 23.0 Å². The first kappa shape index (κ1) is 20.4. The Kier molecular flexibility index (Phi) is 5.51. The summed E-state index contributed by atoms with van der Waals surface area (Å²) in [6.07, 6.45) is -1.52. The fourth-order valence-electron chi connectivity index (χ4n) is 2.64. The number of hydrogen-bond donors (Lipinski definition) is 1. The van der Waals surface area contributed by atoms with Crippen molar-refractivity contribution >= 4 is 21.6 Å². The lowest BCUT2D eigenvalue weighted by molar-refractivity contribution is -0.137. The van der Waals surface area contributed by atoms with Gasteiger partial charge >= 0.3 is 6.18 Å². The van der Waals surface area contributed by atoms with Crippen molar-refractivity contribution in [3.8, 4) is 0 Å². The van der Waals surface area contributed by atoms with Gasteiger partial charge in [-0.15, -0.1) is 0 Å². The molecule has 0 aliphatic rings. The van der Waals surface area contributed by atoms with Crippen LogP contribution < -0.4 is 4.72 Å². The number of alkyl halides is 3. The van der Waals surface area contributed by atoms with Crippen molar-refractivity contribution < 1.29 is 21.6 Å². The fraction of sp³-hybridized carbons (Fsp3) is 0.167. The third-order valence-electron chi connectivity index (χ3n) is 4.06. The topological polar surface area (TPSA) is 64.0 Å². The molecular weight excluding hydrogens is 415 g/mol. The molecule has 3 rings (SSSR count). The molecule has 3 aromatic rings. The highest BCUT2D eigenvalue weighted by Crippen LogP contribution is 2.31. The number of aryl methyl sites for hydroxylation is 1. The van der Waals surface area contributed by atoms with Gasteiger partial charge in [-0.05, 0) is 35.9 Å². The minimum absolute atomic E-state index is 0.373. The molecule has 0 radical (unpaired) electrons. The molecule has 1 unspecified atom stereocenters. The quantitative estimate of drug-likeness (QED) is 0.662. The van der Waals surface area contributed by atoms with Crippen molar-refractivity contribution in [2.75, 3.05) is 0 Å². The monoisotopic (exact) mass is 429 g/mol. The first-order valence-corrected chi connectivity index (χ1v) is 9.86. The van der Waals surface area contributed by atoms with Crippen LogP contribution in [0.5, 0.6) is 0 Å². The Hall–Kier alpha value is -2.36. The van der Waals surface area contributed by atoms with Crippen molar-refractivity contribution in [3.63, 3.8) is 0 Å². The van der Waals surface area contributed by atoms with Crippen LogP contribution in [0.15, 0.2) is 65.8 Å². The largest absolute Gasteiger partial charge is 0.416 e. The van der Waals surface area contributed by atoms with Gasteiger partial charge in [-0.25, -0.2) is 13.4 Å². The summed E-state index contributed by atoms with van der Waals surface area (Å²) < 4.78 is 68.6. The number of rotatable bonds is 5.